The summed E-state index contributed by atoms with van der Waals surface area (Å²) in [6.07, 6.45) is 9.21. The van der Waals surface area contributed by atoms with E-state index in [1.807, 2.05) is 0 Å². The van der Waals surface area contributed by atoms with E-state index in [9.17, 15) is 19.8 Å². The molecular formula is C20H36O5. The van der Waals surface area contributed by atoms with Crippen LogP contribution < -0.4 is 0 Å². The predicted octanol–water partition coefficient (Wildman–Crippen LogP) is 3.70. The van der Waals surface area contributed by atoms with Crippen LogP contribution in [0.2, 0.25) is 0 Å². The number of carbonyl (C=O) groups is 2. The lowest BCUT2D eigenvalue weighted by Crippen LogP contribution is -2.22. The van der Waals surface area contributed by atoms with Gasteiger partial charge in [0, 0.05) is 18.8 Å². The molecule has 3 N–H and O–H groups in total. The molecule has 25 heavy (non-hydrogen) atoms. The molecule has 0 saturated heterocycles. The van der Waals surface area contributed by atoms with Gasteiger partial charge in [-0.1, -0.05) is 45.4 Å². The quantitative estimate of drug-likeness (QED) is 0.413. The highest BCUT2D eigenvalue weighted by atomic mass is 16.4. The van der Waals surface area contributed by atoms with Gasteiger partial charge < -0.3 is 15.3 Å². The van der Waals surface area contributed by atoms with Crippen molar-refractivity contribution in [2.75, 3.05) is 0 Å². The van der Waals surface area contributed by atoms with E-state index in [1.165, 1.54) is 0 Å². The van der Waals surface area contributed by atoms with Gasteiger partial charge in [-0.15, -0.1) is 0 Å². The topological polar surface area (TPSA) is 94.8 Å². The number of unbranched alkanes of at least 4 members (excludes halogenated alkanes) is 5. The average molecular weight is 357 g/mol. The monoisotopic (exact) mass is 356 g/mol. The molecule has 5 nitrogen and oxygen atoms in total. The standard InChI is InChI=1S/C20H36O5/c1-2-3-6-9-15(21)12-13-17-16(18(22)14-19(17)23)10-7-4-5-8-11-20(24)25/h15-17,19,21,23H,2-14H2,1H3,(H,24,25)/t15-,16?,17+,19+/m0/s1. The molecule has 0 bridgehead atoms. The molecule has 0 spiro atoms. The summed E-state index contributed by atoms with van der Waals surface area (Å²) in [5, 5.41) is 28.9. The van der Waals surface area contributed by atoms with Crippen molar-refractivity contribution in [1.82, 2.24) is 0 Å². The summed E-state index contributed by atoms with van der Waals surface area (Å²) >= 11 is 0. The minimum absolute atomic E-state index is 0.0210. The fourth-order valence-electron chi connectivity index (χ4n) is 3.94. The van der Waals surface area contributed by atoms with Crippen LogP contribution in [-0.4, -0.2) is 39.3 Å². The number of hydrogen-bond acceptors (Lipinski definition) is 4. The first kappa shape index (κ1) is 22.1. The van der Waals surface area contributed by atoms with Crippen LogP contribution in [0.3, 0.4) is 0 Å². The van der Waals surface area contributed by atoms with E-state index in [1.54, 1.807) is 0 Å². The Morgan fingerprint density at radius 1 is 1.08 bits per heavy atom. The number of aliphatic hydroxyl groups excluding tert-OH is 2. The van der Waals surface area contributed by atoms with Crippen LogP contribution in [0.1, 0.15) is 90.4 Å². The maximum atomic E-state index is 12.2. The molecule has 1 saturated carbocycles. The number of carboxylic acids is 1. The van der Waals surface area contributed by atoms with Crippen LogP contribution in [0.5, 0.6) is 0 Å². The van der Waals surface area contributed by atoms with Gasteiger partial charge in [0.2, 0.25) is 0 Å². The van der Waals surface area contributed by atoms with Crippen LogP contribution in [0.15, 0.2) is 0 Å². The van der Waals surface area contributed by atoms with Crippen molar-refractivity contribution in [2.24, 2.45) is 11.8 Å². The lowest BCUT2D eigenvalue weighted by atomic mass is 9.85. The Bertz CT molecular complexity index is 396. The lowest BCUT2D eigenvalue weighted by molar-refractivity contribution is -0.137. The van der Waals surface area contributed by atoms with Gasteiger partial charge in [-0.25, -0.2) is 0 Å². The van der Waals surface area contributed by atoms with Crippen molar-refractivity contribution >= 4 is 11.8 Å². The summed E-state index contributed by atoms with van der Waals surface area (Å²) in [7, 11) is 0. The van der Waals surface area contributed by atoms with Crippen molar-refractivity contribution in [3.05, 3.63) is 0 Å². The van der Waals surface area contributed by atoms with E-state index in [2.05, 4.69) is 6.92 Å². The maximum Gasteiger partial charge on any atom is 0.303 e. The van der Waals surface area contributed by atoms with Crippen molar-refractivity contribution in [1.29, 1.82) is 0 Å². The number of aliphatic hydroxyl groups is 2. The molecule has 0 aromatic carbocycles. The minimum Gasteiger partial charge on any atom is -0.481 e. The highest BCUT2D eigenvalue weighted by Gasteiger charge is 2.40. The lowest BCUT2D eigenvalue weighted by Gasteiger charge is -2.22. The molecule has 0 aliphatic heterocycles. The summed E-state index contributed by atoms with van der Waals surface area (Å²) in [5.74, 6) is -0.708. The number of carbonyl (C=O) groups excluding carboxylic acids is 1. The first-order valence-corrected chi connectivity index (χ1v) is 10.1. The maximum absolute atomic E-state index is 12.2. The van der Waals surface area contributed by atoms with Crippen LogP contribution in [0, 0.1) is 11.8 Å². The van der Waals surface area contributed by atoms with Crippen molar-refractivity contribution < 1.29 is 24.9 Å². The van der Waals surface area contributed by atoms with Gasteiger partial charge in [0.25, 0.3) is 0 Å². The van der Waals surface area contributed by atoms with Crippen molar-refractivity contribution in [2.45, 2.75) is 103 Å². The van der Waals surface area contributed by atoms with Gasteiger partial charge in [0.15, 0.2) is 0 Å². The van der Waals surface area contributed by atoms with Gasteiger partial charge in [-0.3, -0.25) is 9.59 Å². The van der Waals surface area contributed by atoms with E-state index in [-0.39, 0.29) is 36.6 Å². The molecular weight excluding hydrogens is 320 g/mol. The SMILES string of the molecule is CCCCC[C@H](O)CC[C@@H]1C(CCCCCCC(=O)O)C(=O)C[C@H]1O. The fourth-order valence-corrected chi connectivity index (χ4v) is 3.94. The zero-order valence-corrected chi connectivity index (χ0v) is 15.7. The van der Waals surface area contributed by atoms with Crippen molar-refractivity contribution in [3.63, 3.8) is 0 Å². The van der Waals surface area contributed by atoms with Crippen molar-refractivity contribution in [3.8, 4) is 0 Å². The molecule has 1 unspecified atom stereocenters. The Morgan fingerprint density at radius 2 is 1.80 bits per heavy atom. The number of hydrogen-bond donors (Lipinski definition) is 3. The Labute approximate surface area is 151 Å². The smallest absolute Gasteiger partial charge is 0.303 e. The van der Waals surface area contributed by atoms with Gasteiger partial charge >= 0.3 is 5.97 Å². The zero-order chi connectivity index (χ0) is 18.7. The molecule has 0 aromatic heterocycles. The van der Waals surface area contributed by atoms with E-state index < -0.39 is 12.1 Å². The van der Waals surface area contributed by atoms with Gasteiger partial charge in [-0.2, -0.15) is 0 Å². The second-order valence-corrected chi connectivity index (χ2v) is 7.58. The molecule has 0 amide bonds. The Balaban J connectivity index is 2.30. The Morgan fingerprint density at radius 3 is 2.48 bits per heavy atom. The summed E-state index contributed by atoms with van der Waals surface area (Å²) in [5.41, 5.74) is 0. The fraction of sp³-hybridized carbons (Fsp3) is 0.900. The predicted molar refractivity (Wildman–Crippen MR) is 97.3 cm³/mol. The minimum atomic E-state index is -0.758. The molecule has 0 radical (unpaired) electrons. The molecule has 1 rings (SSSR count). The normalized spacial score (nSPS) is 24.6. The number of Topliss-reactive ketones (excluding diaryl/α,β-unsaturated/α-hetero) is 1. The number of carboxylic acid groups (broad SMARTS) is 1. The van der Waals surface area contributed by atoms with Crippen LogP contribution in [-0.2, 0) is 9.59 Å². The van der Waals surface area contributed by atoms with Gasteiger partial charge in [-0.05, 0) is 38.0 Å². The number of ketones is 1. The third kappa shape index (κ3) is 8.82. The molecule has 0 aromatic rings. The first-order valence-electron chi connectivity index (χ1n) is 10.1. The third-order valence-electron chi connectivity index (χ3n) is 5.46. The van der Waals surface area contributed by atoms with Crippen LogP contribution in [0.4, 0.5) is 0 Å². The molecule has 1 aliphatic carbocycles. The van der Waals surface area contributed by atoms with E-state index in [0.29, 0.717) is 19.3 Å². The summed E-state index contributed by atoms with van der Waals surface area (Å²) in [4.78, 5) is 22.6. The van der Waals surface area contributed by atoms with Gasteiger partial charge in [0.05, 0.1) is 12.2 Å². The van der Waals surface area contributed by atoms with E-state index in [4.69, 9.17) is 5.11 Å². The highest BCUT2D eigenvalue weighted by molar-refractivity contribution is 5.84. The largest absolute Gasteiger partial charge is 0.481 e. The third-order valence-corrected chi connectivity index (χ3v) is 5.46. The summed E-state index contributed by atoms with van der Waals surface area (Å²) in [6.45, 7) is 2.14. The highest BCUT2D eigenvalue weighted by Crippen LogP contribution is 2.36. The van der Waals surface area contributed by atoms with E-state index >= 15 is 0 Å². The van der Waals surface area contributed by atoms with Crippen LogP contribution in [0.25, 0.3) is 0 Å². The second kappa shape index (κ2) is 12.4. The summed E-state index contributed by atoms with van der Waals surface area (Å²) in [6, 6.07) is 0. The van der Waals surface area contributed by atoms with Crippen LogP contribution >= 0.6 is 0 Å². The molecule has 146 valence electrons. The van der Waals surface area contributed by atoms with E-state index in [0.717, 1.165) is 51.4 Å². The molecule has 0 heterocycles. The zero-order valence-electron chi connectivity index (χ0n) is 15.7. The summed E-state index contributed by atoms with van der Waals surface area (Å²) < 4.78 is 0. The Hall–Kier alpha value is -0.940. The molecule has 1 aliphatic rings. The molecule has 4 atom stereocenters. The molecule has 5 heteroatoms. The molecule has 1 fully saturated rings. The Kier molecular flexibility index (Phi) is 11.0. The number of rotatable bonds is 14. The number of aliphatic carboxylic acids is 1. The average Bonchev–Trinajstić information content (AvgIpc) is 2.82. The van der Waals surface area contributed by atoms with Gasteiger partial charge in [0.1, 0.15) is 5.78 Å². The second-order valence-electron chi connectivity index (χ2n) is 7.58. The first-order chi connectivity index (χ1) is 12.0.